The van der Waals surface area contributed by atoms with Crippen LogP contribution in [0.3, 0.4) is 0 Å². The SMILES string of the molecule is Cc1[nH]c2ccccc2c1C(C)N1CCNCC1. The van der Waals surface area contributed by atoms with Gasteiger partial charge in [-0.2, -0.15) is 0 Å². The Labute approximate surface area is 108 Å². The molecule has 18 heavy (non-hydrogen) atoms. The van der Waals surface area contributed by atoms with E-state index in [0.717, 1.165) is 26.2 Å². The number of para-hydroxylation sites is 1. The average Bonchev–Trinajstić information content (AvgIpc) is 2.75. The van der Waals surface area contributed by atoms with Crippen LogP contribution < -0.4 is 5.32 Å². The molecule has 1 aliphatic rings. The normalized spacial score (nSPS) is 19.2. The fraction of sp³-hybridized carbons (Fsp3) is 0.467. The van der Waals surface area contributed by atoms with Gasteiger partial charge in [0.1, 0.15) is 0 Å². The summed E-state index contributed by atoms with van der Waals surface area (Å²) in [6.07, 6.45) is 0. The van der Waals surface area contributed by atoms with Crippen molar-refractivity contribution >= 4 is 10.9 Å². The van der Waals surface area contributed by atoms with E-state index in [2.05, 4.69) is 53.3 Å². The standard InChI is InChI=1S/C15H21N3/c1-11-15(12(2)18-9-7-16-8-10-18)13-5-3-4-6-14(13)17-11/h3-6,12,16-17H,7-10H2,1-2H3. The molecule has 0 spiro atoms. The first-order valence-corrected chi connectivity index (χ1v) is 6.79. The van der Waals surface area contributed by atoms with Crippen LogP contribution in [0.4, 0.5) is 0 Å². The predicted molar refractivity (Wildman–Crippen MR) is 75.9 cm³/mol. The van der Waals surface area contributed by atoms with Gasteiger partial charge in [-0.3, -0.25) is 4.90 Å². The lowest BCUT2D eigenvalue weighted by atomic mass is 10.0. The summed E-state index contributed by atoms with van der Waals surface area (Å²) >= 11 is 0. The van der Waals surface area contributed by atoms with Crippen molar-refractivity contribution in [1.29, 1.82) is 0 Å². The van der Waals surface area contributed by atoms with E-state index in [1.165, 1.54) is 22.2 Å². The first-order chi connectivity index (χ1) is 8.77. The molecule has 3 rings (SSSR count). The molecule has 1 aromatic heterocycles. The maximum atomic E-state index is 3.50. The van der Waals surface area contributed by atoms with Crippen LogP contribution in [0.15, 0.2) is 24.3 Å². The highest BCUT2D eigenvalue weighted by atomic mass is 15.2. The van der Waals surface area contributed by atoms with E-state index < -0.39 is 0 Å². The Morgan fingerprint density at radius 1 is 1.17 bits per heavy atom. The summed E-state index contributed by atoms with van der Waals surface area (Å²) in [6, 6.07) is 9.10. The van der Waals surface area contributed by atoms with E-state index in [-0.39, 0.29) is 0 Å². The zero-order valence-corrected chi connectivity index (χ0v) is 11.2. The molecule has 3 heteroatoms. The lowest BCUT2D eigenvalue weighted by molar-refractivity contribution is 0.186. The van der Waals surface area contributed by atoms with Crippen molar-refractivity contribution in [2.24, 2.45) is 0 Å². The minimum absolute atomic E-state index is 0.489. The molecule has 3 nitrogen and oxygen atoms in total. The highest BCUT2D eigenvalue weighted by molar-refractivity contribution is 5.85. The zero-order chi connectivity index (χ0) is 12.5. The van der Waals surface area contributed by atoms with Gasteiger partial charge in [0.25, 0.3) is 0 Å². The molecule has 2 heterocycles. The fourth-order valence-electron chi connectivity index (χ4n) is 3.09. The number of aromatic amines is 1. The number of rotatable bonds is 2. The Morgan fingerprint density at radius 2 is 1.89 bits per heavy atom. The highest BCUT2D eigenvalue weighted by Gasteiger charge is 2.22. The van der Waals surface area contributed by atoms with Crippen LogP contribution in [0, 0.1) is 6.92 Å². The monoisotopic (exact) mass is 243 g/mol. The van der Waals surface area contributed by atoms with Gasteiger partial charge in [0, 0.05) is 48.8 Å². The number of H-pyrrole nitrogens is 1. The number of hydrogen-bond acceptors (Lipinski definition) is 2. The molecule has 1 aliphatic heterocycles. The van der Waals surface area contributed by atoms with Crippen LogP contribution in [0.5, 0.6) is 0 Å². The molecule has 1 saturated heterocycles. The Kier molecular flexibility index (Phi) is 3.10. The van der Waals surface area contributed by atoms with Crippen LogP contribution >= 0.6 is 0 Å². The summed E-state index contributed by atoms with van der Waals surface area (Å²) in [7, 11) is 0. The Morgan fingerprint density at radius 3 is 2.67 bits per heavy atom. The molecule has 1 unspecified atom stereocenters. The maximum Gasteiger partial charge on any atom is 0.0459 e. The molecule has 0 bridgehead atoms. The summed E-state index contributed by atoms with van der Waals surface area (Å²) < 4.78 is 0. The molecule has 1 fully saturated rings. The molecule has 0 saturated carbocycles. The number of nitrogens with zero attached hydrogens (tertiary/aromatic N) is 1. The Bertz CT molecular complexity index is 538. The van der Waals surface area contributed by atoms with Crippen LogP contribution in [-0.4, -0.2) is 36.1 Å². The van der Waals surface area contributed by atoms with E-state index in [1.807, 2.05) is 0 Å². The Balaban J connectivity index is 1.99. The lowest BCUT2D eigenvalue weighted by Gasteiger charge is -2.33. The van der Waals surface area contributed by atoms with Gasteiger partial charge in [-0.15, -0.1) is 0 Å². The second kappa shape index (κ2) is 4.75. The van der Waals surface area contributed by atoms with Crippen molar-refractivity contribution in [2.75, 3.05) is 26.2 Å². The van der Waals surface area contributed by atoms with Crippen LogP contribution in [0.2, 0.25) is 0 Å². The van der Waals surface area contributed by atoms with Crippen molar-refractivity contribution in [1.82, 2.24) is 15.2 Å². The summed E-state index contributed by atoms with van der Waals surface area (Å²) in [5, 5.41) is 4.79. The number of aromatic nitrogens is 1. The molecule has 1 aromatic carbocycles. The molecule has 0 radical (unpaired) electrons. The number of fused-ring (bicyclic) bond motifs is 1. The molecule has 0 aliphatic carbocycles. The summed E-state index contributed by atoms with van der Waals surface area (Å²) in [4.78, 5) is 6.07. The van der Waals surface area contributed by atoms with E-state index in [4.69, 9.17) is 0 Å². The van der Waals surface area contributed by atoms with Crippen LogP contribution in [0.1, 0.15) is 24.2 Å². The van der Waals surface area contributed by atoms with E-state index in [9.17, 15) is 0 Å². The van der Waals surface area contributed by atoms with E-state index in [0.29, 0.717) is 6.04 Å². The molecule has 2 N–H and O–H groups in total. The number of piperazine rings is 1. The van der Waals surface area contributed by atoms with Gasteiger partial charge in [-0.1, -0.05) is 18.2 Å². The van der Waals surface area contributed by atoms with Gasteiger partial charge in [0.05, 0.1) is 0 Å². The Hall–Kier alpha value is -1.32. The smallest absolute Gasteiger partial charge is 0.0459 e. The lowest BCUT2D eigenvalue weighted by Crippen LogP contribution is -2.44. The molecular weight excluding hydrogens is 222 g/mol. The molecule has 0 amide bonds. The first kappa shape index (κ1) is 11.8. The van der Waals surface area contributed by atoms with Crippen LogP contribution in [-0.2, 0) is 0 Å². The number of nitrogens with one attached hydrogen (secondary N) is 2. The van der Waals surface area contributed by atoms with Gasteiger partial charge < -0.3 is 10.3 Å². The third kappa shape index (κ3) is 1.93. The fourth-order valence-corrected chi connectivity index (χ4v) is 3.09. The zero-order valence-electron chi connectivity index (χ0n) is 11.2. The minimum Gasteiger partial charge on any atom is -0.358 e. The van der Waals surface area contributed by atoms with Crippen molar-refractivity contribution in [3.63, 3.8) is 0 Å². The van der Waals surface area contributed by atoms with Crippen LogP contribution in [0.25, 0.3) is 10.9 Å². The van der Waals surface area contributed by atoms with Gasteiger partial charge in [-0.25, -0.2) is 0 Å². The highest BCUT2D eigenvalue weighted by Crippen LogP contribution is 2.31. The molecule has 2 aromatic rings. The first-order valence-electron chi connectivity index (χ1n) is 6.79. The largest absolute Gasteiger partial charge is 0.358 e. The number of hydrogen-bond donors (Lipinski definition) is 2. The quantitative estimate of drug-likeness (QED) is 0.849. The van der Waals surface area contributed by atoms with Gasteiger partial charge in [0.2, 0.25) is 0 Å². The predicted octanol–water partition coefficient (Wildman–Crippen LogP) is 2.44. The van der Waals surface area contributed by atoms with E-state index in [1.54, 1.807) is 0 Å². The summed E-state index contributed by atoms with van der Waals surface area (Å²) in [6.45, 7) is 9.00. The third-order valence-electron chi connectivity index (χ3n) is 4.06. The van der Waals surface area contributed by atoms with Gasteiger partial charge in [0.15, 0.2) is 0 Å². The third-order valence-corrected chi connectivity index (χ3v) is 4.06. The van der Waals surface area contributed by atoms with E-state index >= 15 is 0 Å². The van der Waals surface area contributed by atoms with Crippen molar-refractivity contribution in [3.8, 4) is 0 Å². The average molecular weight is 243 g/mol. The maximum absolute atomic E-state index is 3.50. The summed E-state index contributed by atoms with van der Waals surface area (Å²) in [5.74, 6) is 0. The van der Waals surface area contributed by atoms with Gasteiger partial charge >= 0.3 is 0 Å². The number of benzene rings is 1. The van der Waals surface area contributed by atoms with Gasteiger partial charge in [-0.05, 0) is 25.5 Å². The second-order valence-corrected chi connectivity index (χ2v) is 5.17. The topological polar surface area (TPSA) is 31.1 Å². The molecule has 1 atom stereocenters. The molecular formula is C15H21N3. The van der Waals surface area contributed by atoms with Crippen molar-refractivity contribution in [2.45, 2.75) is 19.9 Å². The second-order valence-electron chi connectivity index (χ2n) is 5.17. The van der Waals surface area contributed by atoms with Crippen molar-refractivity contribution in [3.05, 3.63) is 35.5 Å². The van der Waals surface area contributed by atoms with Crippen molar-refractivity contribution < 1.29 is 0 Å². The summed E-state index contributed by atoms with van der Waals surface area (Å²) in [5.41, 5.74) is 4.03. The minimum atomic E-state index is 0.489. The number of aryl methyl sites for hydroxylation is 1. The molecule has 96 valence electrons.